The van der Waals surface area contributed by atoms with Crippen LogP contribution in [0.2, 0.25) is 0 Å². The molecule has 0 saturated carbocycles. The Balaban J connectivity index is 1.52. The SMILES string of the molecule is CCc1ccc(C(=O)NC(Cc2ccccc2)c2nnc(SCc3ccccc3)n2-c2ccc(C)cc2)cc1. The topological polar surface area (TPSA) is 59.8 Å². The van der Waals surface area contributed by atoms with Gasteiger partial charge in [-0.15, -0.1) is 10.2 Å². The van der Waals surface area contributed by atoms with Crippen LogP contribution in [0.25, 0.3) is 5.69 Å². The van der Waals surface area contributed by atoms with Gasteiger partial charge in [0.25, 0.3) is 5.91 Å². The van der Waals surface area contributed by atoms with Crippen LogP contribution in [-0.4, -0.2) is 20.7 Å². The molecule has 5 nitrogen and oxygen atoms in total. The Labute approximate surface area is 234 Å². The fourth-order valence-electron chi connectivity index (χ4n) is 4.45. The normalized spacial score (nSPS) is 11.7. The van der Waals surface area contributed by atoms with Crippen LogP contribution in [0.15, 0.2) is 114 Å². The number of aromatic nitrogens is 3. The van der Waals surface area contributed by atoms with Crippen LogP contribution in [-0.2, 0) is 18.6 Å². The molecule has 0 radical (unpaired) electrons. The van der Waals surface area contributed by atoms with Crippen molar-refractivity contribution >= 4 is 17.7 Å². The number of carbonyl (C=O) groups excluding carboxylic acids is 1. The van der Waals surface area contributed by atoms with Crippen molar-refractivity contribution in [3.8, 4) is 5.69 Å². The number of nitrogens with one attached hydrogen (secondary N) is 1. The average molecular weight is 533 g/mol. The van der Waals surface area contributed by atoms with Crippen molar-refractivity contribution in [2.45, 2.75) is 43.6 Å². The van der Waals surface area contributed by atoms with Gasteiger partial charge in [0.05, 0.1) is 6.04 Å². The van der Waals surface area contributed by atoms with E-state index in [1.165, 1.54) is 16.7 Å². The van der Waals surface area contributed by atoms with Crippen molar-refractivity contribution < 1.29 is 4.79 Å². The maximum Gasteiger partial charge on any atom is 0.251 e. The first-order valence-corrected chi connectivity index (χ1v) is 14.2. The molecule has 0 spiro atoms. The minimum atomic E-state index is -0.384. The number of carbonyl (C=O) groups is 1. The van der Waals surface area contributed by atoms with Crippen LogP contribution < -0.4 is 5.32 Å². The van der Waals surface area contributed by atoms with Gasteiger partial charge in [-0.3, -0.25) is 9.36 Å². The van der Waals surface area contributed by atoms with Gasteiger partial charge < -0.3 is 5.32 Å². The van der Waals surface area contributed by atoms with Crippen molar-refractivity contribution in [1.29, 1.82) is 0 Å². The number of benzene rings is 4. The van der Waals surface area contributed by atoms with Crippen LogP contribution in [0, 0.1) is 6.92 Å². The van der Waals surface area contributed by atoms with E-state index in [-0.39, 0.29) is 11.9 Å². The number of amides is 1. The van der Waals surface area contributed by atoms with Gasteiger partial charge in [0.15, 0.2) is 11.0 Å². The molecule has 1 atom stereocenters. The second kappa shape index (κ2) is 12.6. The molecule has 4 aromatic carbocycles. The highest BCUT2D eigenvalue weighted by atomic mass is 32.2. The summed E-state index contributed by atoms with van der Waals surface area (Å²) < 4.78 is 2.08. The first-order chi connectivity index (χ1) is 19.1. The van der Waals surface area contributed by atoms with Gasteiger partial charge in [0, 0.05) is 17.0 Å². The van der Waals surface area contributed by atoms with Gasteiger partial charge in [-0.05, 0) is 60.7 Å². The second-order valence-corrected chi connectivity index (χ2v) is 10.5. The Hall–Kier alpha value is -4.16. The van der Waals surface area contributed by atoms with Crippen molar-refractivity contribution in [3.05, 3.63) is 143 Å². The minimum absolute atomic E-state index is 0.129. The third-order valence-corrected chi connectivity index (χ3v) is 7.69. The van der Waals surface area contributed by atoms with Crippen LogP contribution in [0.3, 0.4) is 0 Å². The van der Waals surface area contributed by atoms with E-state index < -0.39 is 0 Å². The molecule has 1 unspecified atom stereocenters. The molecule has 0 aliphatic carbocycles. The highest BCUT2D eigenvalue weighted by molar-refractivity contribution is 7.98. The highest BCUT2D eigenvalue weighted by Crippen LogP contribution is 2.29. The van der Waals surface area contributed by atoms with Crippen molar-refractivity contribution in [2.75, 3.05) is 0 Å². The summed E-state index contributed by atoms with van der Waals surface area (Å²) in [6, 6.07) is 36.3. The zero-order valence-corrected chi connectivity index (χ0v) is 23.1. The third kappa shape index (κ3) is 6.65. The van der Waals surface area contributed by atoms with Gasteiger partial charge >= 0.3 is 0 Å². The Morgan fingerprint density at radius 3 is 2.08 bits per heavy atom. The van der Waals surface area contributed by atoms with E-state index in [2.05, 4.69) is 82.5 Å². The van der Waals surface area contributed by atoms with Crippen LogP contribution in [0.1, 0.15) is 51.4 Å². The molecule has 196 valence electrons. The standard InChI is InChI=1S/C33H32N4OS/c1-3-25-16-18-28(19-17-25)32(38)34-30(22-26-10-6-4-7-11-26)31-35-36-33(39-23-27-12-8-5-9-13-27)37(31)29-20-14-24(2)15-21-29/h4-21,30H,3,22-23H2,1-2H3,(H,34,38). The second-order valence-electron chi connectivity index (χ2n) is 9.55. The van der Waals surface area contributed by atoms with E-state index in [1.807, 2.05) is 60.7 Å². The van der Waals surface area contributed by atoms with Crippen LogP contribution >= 0.6 is 11.8 Å². The first kappa shape index (κ1) is 26.4. The lowest BCUT2D eigenvalue weighted by Gasteiger charge is -2.20. The molecule has 1 aromatic heterocycles. The molecule has 1 N–H and O–H groups in total. The van der Waals surface area contributed by atoms with Crippen LogP contribution in [0.5, 0.6) is 0 Å². The summed E-state index contributed by atoms with van der Waals surface area (Å²) in [7, 11) is 0. The summed E-state index contributed by atoms with van der Waals surface area (Å²) in [6.07, 6.45) is 1.52. The smallest absolute Gasteiger partial charge is 0.251 e. The van der Waals surface area contributed by atoms with E-state index in [4.69, 9.17) is 0 Å². The van der Waals surface area contributed by atoms with Crippen molar-refractivity contribution in [3.63, 3.8) is 0 Å². The van der Waals surface area contributed by atoms with Gasteiger partial charge in [-0.1, -0.05) is 109 Å². The van der Waals surface area contributed by atoms with Gasteiger partial charge in [-0.25, -0.2) is 0 Å². The summed E-state index contributed by atoms with van der Waals surface area (Å²) in [4.78, 5) is 13.5. The Bertz CT molecular complexity index is 1500. The monoisotopic (exact) mass is 532 g/mol. The summed E-state index contributed by atoms with van der Waals surface area (Å²) in [5, 5.41) is 13.4. The van der Waals surface area contributed by atoms with Crippen molar-refractivity contribution in [2.24, 2.45) is 0 Å². The number of hydrogen-bond acceptors (Lipinski definition) is 4. The fraction of sp³-hybridized carbons (Fsp3) is 0.182. The maximum absolute atomic E-state index is 13.5. The molecule has 5 aromatic rings. The number of thioether (sulfide) groups is 1. The zero-order chi connectivity index (χ0) is 27.0. The summed E-state index contributed by atoms with van der Waals surface area (Å²) >= 11 is 1.64. The minimum Gasteiger partial charge on any atom is -0.342 e. The molecular formula is C33H32N4OS. The number of nitrogens with zero attached hydrogens (tertiary/aromatic N) is 3. The average Bonchev–Trinajstić information content (AvgIpc) is 3.41. The van der Waals surface area contributed by atoms with Crippen molar-refractivity contribution in [1.82, 2.24) is 20.1 Å². The first-order valence-electron chi connectivity index (χ1n) is 13.2. The number of aryl methyl sites for hydroxylation is 2. The van der Waals surface area contributed by atoms with Gasteiger partial charge in [0.1, 0.15) is 0 Å². The van der Waals surface area contributed by atoms with Gasteiger partial charge in [0.2, 0.25) is 0 Å². The fourth-order valence-corrected chi connectivity index (χ4v) is 5.36. The Morgan fingerprint density at radius 1 is 0.795 bits per heavy atom. The summed E-state index contributed by atoms with van der Waals surface area (Å²) in [5.74, 6) is 1.34. The van der Waals surface area contributed by atoms with Crippen LogP contribution in [0.4, 0.5) is 0 Å². The van der Waals surface area contributed by atoms with E-state index in [0.717, 1.165) is 28.6 Å². The Kier molecular flexibility index (Phi) is 8.54. The molecule has 0 saturated heterocycles. The van der Waals surface area contributed by atoms with E-state index >= 15 is 0 Å². The Morgan fingerprint density at radius 2 is 1.44 bits per heavy atom. The number of rotatable bonds is 10. The molecule has 1 amide bonds. The number of hydrogen-bond donors (Lipinski definition) is 1. The molecule has 0 aliphatic rings. The van der Waals surface area contributed by atoms with E-state index in [9.17, 15) is 4.79 Å². The lowest BCUT2D eigenvalue weighted by atomic mass is 10.0. The van der Waals surface area contributed by atoms with E-state index in [1.54, 1.807) is 11.8 Å². The molecule has 5 rings (SSSR count). The molecule has 39 heavy (non-hydrogen) atoms. The zero-order valence-electron chi connectivity index (χ0n) is 22.2. The lowest BCUT2D eigenvalue weighted by molar-refractivity contribution is 0.0934. The molecule has 1 heterocycles. The maximum atomic E-state index is 13.5. The molecule has 6 heteroatoms. The predicted octanol–water partition coefficient (Wildman–Crippen LogP) is 7.14. The molecule has 0 fully saturated rings. The third-order valence-electron chi connectivity index (χ3n) is 6.69. The highest BCUT2D eigenvalue weighted by Gasteiger charge is 2.25. The molecule has 0 bridgehead atoms. The molecule has 0 aliphatic heterocycles. The molecular weight excluding hydrogens is 500 g/mol. The summed E-state index contributed by atoms with van der Waals surface area (Å²) in [6.45, 7) is 4.18. The predicted molar refractivity (Wildman–Crippen MR) is 158 cm³/mol. The lowest BCUT2D eigenvalue weighted by Crippen LogP contribution is -2.32. The van der Waals surface area contributed by atoms with Gasteiger partial charge in [-0.2, -0.15) is 0 Å². The quantitative estimate of drug-likeness (QED) is 0.194. The largest absolute Gasteiger partial charge is 0.342 e. The summed E-state index contributed by atoms with van der Waals surface area (Å²) in [5.41, 5.74) is 6.30. The van der Waals surface area contributed by atoms with E-state index in [0.29, 0.717) is 17.8 Å².